The third-order valence-corrected chi connectivity index (χ3v) is 9.55. The summed E-state index contributed by atoms with van der Waals surface area (Å²) in [6.45, 7) is 7.09. The highest BCUT2D eigenvalue weighted by Crippen LogP contribution is 2.40. The number of rotatable bonds is 8. The Morgan fingerprint density at radius 3 is 1.87 bits per heavy atom. The number of hydrogen-bond donors (Lipinski definition) is 1. The van der Waals surface area contributed by atoms with Gasteiger partial charge in [-0.3, -0.25) is 4.79 Å². The number of aromatic nitrogens is 4. The Hall–Kier alpha value is -5.54. The van der Waals surface area contributed by atoms with Crippen LogP contribution in [0.15, 0.2) is 115 Å². The van der Waals surface area contributed by atoms with Crippen molar-refractivity contribution in [1.82, 2.24) is 18.7 Å². The minimum Gasteiger partial charge on any atom is -0.486 e. The number of carboxylic acid groups (broad SMARTS) is 1. The monoisotopic (exact) mass is 640 g/mol. The van der Waals surface area contributed by atoms with E-state index in [1.807, 2.05) is 54.7 Å². The van der Waals surface area contributed by atoms with Crippen LogP contribution in [0, 0.1) is 6.57 Å². The zero-order valence-electron chi connectivity index (χ0n) is 23.2. The van der Waals surface area contributed by atoms with Crippen LogP contribution in [0.25, 0.3) is 53.5 Å². The van der Waals surface area contributed by atoms with E-state index in [2.05, 4.69) is 72.0 Å². The first kappa shape index (κ1) is 28.2. The first-order chi connectivity index (χ1) is 22.1. The summed E-state index contributed by atoms with van der Waals surface area (Å²) in [6.07, 6.45) is 4.77. The van der Waals surface area contributed by atoms with Gasteiger partial charge in [-0.05, 0) is 60.2 Å². The first-order valence-electron chi connectivity index (χ1n) is 13.6. The normalized spacial score (nSPS) is 11.4. The molecule has 4 aromatic carbocycles. The minimum absolute atomic E-state index is 0.361. The summed E-state index contributed by atoms with van der Waals surface area (Å²) in [5, 5.41) is 10.7. The predicted octanol–water partition coefficient (Wildman–Crippen LogP) is 9.42. The molecule has 216 valence electrons. The largest absolute Gasteiger partial charge is 0.486 e. The van der Waals surface area contributed by atoms with Gasteiger partial charge in [-0.25, -0.2) is 14.8 Å². The zero-order chi connectivity index (χ0) is 30.8. The summed E-state index contributed by atoms with van der Waals surface area (Å²) in [5.74, 6) is -1.27. The van der Waals surface area contributed by atoms with E-state index in [1.54, 1.807) is 17.5 Å². The average Bonchev–Trinajstić information content (AvgIpc) is 3.86. The first-order valence-corrected chi connectivity index (χ1v) is 16.0. The molecule has 0 saturated heterocycles. The maximum Gasteiger partial charge on any atom is 0.333 e. The minimum atomic E-state index is -1.27. The standard InChI is InChI=1S/C34H20N6O2S3/c1-35-28(34(41)42)18-25-19-36-32(43-25)26-16-17-27(31-30(26)38-45-39-31)33-37-20-29(44-33)21-12-14-24(15-13-21)40(22-8-4-2-5-9-22)23-10-6-3-7-11-23/h2-20H,(H,41,42)/b28-18-. The number of aliphatic carboxylic acids is 1. The maximum atomic E-state index is 11.2. The summed E-state index contributed by atoms with van der Waals surface area (Å²) in [6, 6.07) is 33.0. The molecule has 0 unspecified atom stereocenters. The fourth-order valence-electron chi connectivity index (χ4n) is 4.87. The van der Waals surface area contributed by atoms with E-state index in [1.165, 1.54) is 17.4 Å². The van der Waals surface area contributed by atoms with E-state index in [9.17, 15) is 9.90 Å². The van der Waals surface area contributed by atoms with Gasteiger partial charge < -0.3 is 10.0 Å². The Labute approximate surface area is 270 Å². The molecule has 0 radical (unpaired) electrons. The number of benzene rings is 4. The van der Waals surface area contributed by atoms with Crippen molar-refractivity contribution in [1.29, 1.82) is 0 Å². The lowest BCUT2D eigenvalue weighted by molar-refractivity contribution is -0.132. The van der Waals surface area contributed by atoms with Crippen molar-refractivity contribution in [2.24, 2.45) is 0 Å². The number of carboxylic acids is 1. The van der Waals surface area contributed by atoms with Crippen LogP contribution in [0.2, 0.25) is 0 Å². The van der Waals surface area contributed by atoms with Crippen molar-refractivity contribution >= 4 is 74.5 Å². The summed E-state index contributed by atoms with van der Waals surface area (Å²) in [4.78, 5) is 27.4. The average molecular weight is 641 g/mol. The third-order valence-electron chi connectivity index (χ3n) is 6.96. The Balaban J connectivity index is 1.18. The van der Waals surface area contributed by atoms with Crippen LogP contribution in [0.4, 0.5) is 17.1 Å². The van der Waals surface area contributed by atoms with Crippen LogP contribution in [-0.4, -0.2) is 29.8 Å². The van der Waals surface area contributed by atoms with Gasteiger partial charge in [-0.15, -0.1) is 22.7 Å². The van der Waals surface area contributed by atoms with E-state index in [4.69, 9.17) is 11.6 Å². The van der Waals surface area contributed by atoms with Gasteiger partial charge in [0.05, 0.1) is 23.2 Å². The summed E-state index contributed by atoms with van der Waals surface area (Å²) < 4.78 is 9.13. The topological polar surface area (TPSA) is 96.5 Å². The van der Waals surface area contributed by atoms with E-state index >= 15 is 0 Å². The van der Waals surface area contributed by atoms with Gasteiger partial charge in [-0.2, -0.15) is 8.75 Å². The molecule has 7 rings (SSSR count). The van der Waals surface area contributed by atoms with Crippen molar-refractivity contribution in [3.63, 3.8) is 0 Å². The van der Waals surface area contributed by atoms with Gasteiger partial charge in [0.2, 0.25) is 0 Å². The fraction of sp³-hybridized carbons (Fsp3) is 0. The summed E-state index contributed by atoms with van der Waals surface area (Å²) in [7, 11) is 0. The Morgan fingerprint density at radius 1 is 0.733 bits per heavy atom. The lowest BCUT2D eigenvalue weighted by atomic mass is 10.1. The molecule has 11 heteroatoms. The molecule has 0 amide bonds. The number of carbonyl (C=O) groups is 1. The fourth-order valence-corrected chi connectivity index (χ4v) is 7.28. The van der Waals surface area contributed by atoms with Gasteiger partial charge >= 0.3 is 5.97 Å². The Bertz CT molecular complexity index is 2180. The highest BCUT2D eigenvalue weighted by atomic mass is 32.1. The van der Waals surface area contributed by atoms with Crippen molar-refractivity contribution in [3.8, 4) is 31.6 Å². The highest BCUT2D eigenvalue weighted by Gasteiger charge is 2.19. The van der Waals surface area contributed by atoms with Crippen molar-refractivity contribution in [2.75, 3.05) is 4.90 Å². The summed E-state index contributed by atoms with van der Waals surface area (Å²) >= 11 is 4.00. The molecule has 0 saturated carbocycles. The molecule has 1 N–H and O–H groups in total. The number of nitrogens with zero attached hydrogens (tertiary/aromatic N) is 6. The molecular weight excluding hydrogens is 621 g/mol. The molecule has 0 bridgehead atoms. The van der Waals surface area contributed by atoms with Crippen LogP contribution in [0.5, 0.6) is 0 Å². The van der Waals surface area contributed by atoms with E-state index in [0.29, 0.717) is 15.4 Å². The lowest BCUT2D eigenvalue weighted by Gasteiger charge is -2.25. The second-order valence-corrected chi connectivity index (χ2v) is 12.3. The van der Waals surface area contributed by atoms with Crippen molar-refractivity contribution in [2.45, 2.75) is 0 Å². The van der Waals surface area contributed by atoms with Gasteiger partial charge in [-0.1, -0.05) is 48.5 Å². The number of fused-ring (bicyclic) bond motifs is 1. The van der Waals surface area contributed by atoms with E-state index < -0.39 is 5.97 Å². The van der Waals surface area contributed by atoms with Crippen LogP contribution >= 0.6 is 34.4 Å². The molecule has 0 aliphatic rings. The second kappa shape index (κ2) is 12.2. The van der Waals surface area contributed by atoms with E-state index in [0.717, 1.165) is 60.9 Å². The molecular formula is C34H20N6O2S3. The van der Waals surface area contributed by atoms with Gasteiger partial charge in [0, 0.05) is 45.5 Å². The highest BCUT2D eigenvalue weighted by molar-refractivity contribution is 7.18. The molecule has 0 spiro atoms. The molecule has 3 heterocycles. The smallest absolute Gasteiger partial charge is 0.333 e. The molecule has 7 aromatic rings. The molecule has 0 atom stereocenters. The van der Waals surface area contributed by atoms with Gasteiger partial charge in [0.25, 0.3) is 5.70 Å². The molecule has 8 nitrogen and oxygen atoms in total. The van der Waals surface area contributed by atoms with E-state index in [-0.39, 0.29) is 5.70 Å². The SMILES string of the molecule is [C-]#[N+]/C(=C\c1cnc(-c2ccc(-c3ncc(-c4ccc(N(c5ccccc5)c5ccccc5)cc4)s3)c3nsnc23)s1)C(=O)O. The molecule has 0 aliphatic heterocycles. The number of para-hydroxylation sites is 2. The van der Waals surface area contributed by atoms with Crippen LogP contribution in [0.3, 0.4) is 0 Å². The molecule has 3 aromatic heterocycles. The van der Waals surface area contributed by atoms with Gasteiger partial charge in [0.15, 0.2) is 0 Å². The third kappa shape index (κ3) is 5.61. The van der Waals surface area contributed by atoms with Crippen molar-refractivity contribution < 1.29 is 9.90 Å². The predicted molar refractivity (Wildman–Crippen MR) is 182 cm³/mol. The number of hydrogen-bond acceptors (Lipinski definition) is 9. The molecule has 0 fully saturated rings. The second-order valence-electron chi connectivity index (χ2n) is 9.72. The van der Waals surface area contributed by atoms with Crippen LogP contribution < -0.4 is 4.90 Å². The Morgan fingerprint density at radius 2 is 1.29 bits per heavy atom. The maximum absolute atomic E-state index is 11.2. The Kier molecular flexibility index (Phi) is 7.67. The van der Waals surface area contributed by atoms with Gasteiger partial charge in [0.1, 0.15) is 21.0 Å². The molecule has 45 heavy (non-hydrogen) atoms. The van der Waals surface area contributed by atoms with Crippen LogP contribution in [-0.2, 0) is 4.79 Å². The molecule has 0 aliphatic carbocycles. The quantitative estimate of drug-likeness (QED) is 0.131. The summed E-state index contributed by atoms with van der Waals surface area (Å²) in [5.41, 5.74) is 7.04. The lowest BCUT2D eigenvalue weighted by Crippen LogP contribution is -2.09. The zero-order valence-corrected chi connectivity index (χ0v) is 25.7. The van der Waals surface area contributed by atoms with Crippen LogP contribution in [0.1, 0.15) is 4.88 Å². The van der Waals surface area contributed by atoms with Crippen molar-refractivity contribution in [3.05, 3.63) is 131 Å². The number of anilines is 3. The number of thiazole rings is 2.